The summed E-state index contributed by atoms with van der Waals surface area (Å²) in [7, 11) is -2.17. The predicted molar refractivity (Wildman–Crippen MR) is 106 cm³/mol. The van der Waals surface area contributed by atoms with Crippen LogP contribution in [0.15, 0.2) is 50.9 Å². The van der Waals surface area contributed by atoms with Gasteiger partial charge in [-0.3, -0.25) is 0 Å². The first kappa shape index (κ1) is 17.9. The topological polar surface area (TPSA) is 100 Å². The second-order valence-electron chi connectivity index (χ2n) is 6.03. The van der Waals surface area contributed by atoms with Crippen molar-refractivity contribution in [3.63, 3.8) is 0 Å². The summed E-state index contributed by atoms with van der Waals surface area (Å²) in [4.78, 5) is 9.27. The van der Waals surface area contributed by atoms with Gasteiger partial charge in [-0.05, 0) is 30.0 Å². The van der Waals surface area contributed by atoms with Crippen molar-refractivity contribution < 1.29 is 13.2 Å². The zero-order chi connectivity index (χ0) is 19.0. The van der Waals surface area contributed by atoms with Crippen LogP contribution in [0.25, 0.3) is 22.2 Å². The summed E-state index contributed by atoms with van der Waals surface area (Å²) in [5.74, 6) is 0.157. The number of sulfone groups is 1. The van der Waals surface area contributed by atoms with E-state index in [4.69, 9.17) is 10.5 Å². The van der Waals surface area contributed by atoms with E-state index < -0.39 is 9.84 Å². The zero-order valence-electron chi connectivity index (χ0n) is 14.6. The van der Waals surface area contributed by atoms with E-state index in [1.807, 2.05) is 24.3 Å². The van der Waals surface area contributed by atoms with Crippen LogP contribution in [0.4, 0.5) is 5.82 Å². The van der Waals surface area contributed by atoms with Crippen LogP contribution >= 0.6 is 11.3 Å². The summed E-state index contributed by atoms with van der Waals surface area (Å²) < 4.78 is 33.5. The number of anilines is 1. The van der Waals surface area contributed by atoms with E-state index in [2.05, 4.69) is 9.97 Å². The maximum atomic E-state index is 13.2. The van der Waals surface area contributed by atoms with Crippen molar-refractivity contribution in [3.8, 4) is 0 Å². The van der Waals surface area contributed by atoms with E-state index in [0.29, 0.717) is 41.8 Å². The third kappa shape index (κ3) is 2.97. The van der Waals surface area contributed by atoms with Gasteiger partial charge in [0, 0.05) is 20.3 Å². The molecule has 3 aromatic heterocycles. The first-order valence-corrected chi connectivity index (χ1v) is 10.7. The molecule has 9 heteroatoms. The Morgan fingerprint density at radius 3 is 2.56 bits per heavy atom. The summed E-state index contributed by atoms with van der Waals surface area (Å²) in [6.07, 6.45) is 0.678. The number of nitrogens with two attached hydrogens (primary N) is 1. The number of para-hydroxylation sites is 2. The summed E-state index contributed by atoms with van der Waals surface area (Å²) in [5, 5.41) is 1.72. The molecule has 1 aromatic carbocycles. The van der Waals surface area contributed by atoms with Crippen molar-refractivity contribution in [1.82, 2.24) is 14.5 Å². The molecule has 3 heterocycles. The van der Waals surface area contributed by atoms with Crippen molar-refractivity contribution in [2.75, 3.05) is 19.5 Å². The molecule has 0 aliphatic carbocycles. The molecule has 0 amide bonds. The largest absolute Gasteiger partial charge is 0.385 e. The second-order valence-corrected chi connectivity index (χ2v) is 9.09. The van der Waals surface area contributed by atoms with Crippen molar-refractivity contribution in [2.24, 2.45) is 0 Å². The lowest BCUT2D eigenvalue weighted by Crippen LogP contribution is -2.08. The summed E-state index contributed by atoms with van der Waals surface area (Å²) in [5.41, 5.74) is 8.41. The molecule has 0 fully saturated rings. The van der Waals surface area contributed by atoms with E-state index in [-0.39, 0.29) is 14.9 Å². The molecule has 7 nitrogen and oxygen atoms in total. The monoisotopic (exact) mass is 402 g/mol. The Bertz CT molecular complexity index is 1210. The van der Waals surface area contributed by atoms with Gasteiger partial charge in [0.05, 0.1) is 11.0 Å². The van der Waals surface area contributed by atoms with Gasteiger partial charge in [0.25, 0.3) is 0 Å². The molecule has 4 rings (SSSR count). The van der Waals surface area contributed by atoms with Crippen LogP contribution < -0.4 is 5.73 Å². The summed E-state index contributed by atoms with van der Waals surface area (Å²) in [6.45, 7) is 1.02. The molecule has 4 aromatic rings. The van der Waals surface area contributed by atoms with Gasteiger partial charge >= 0.3 is 0 Å². The molecule has 140 valence electrons. The van der Waals surface area contributed by atoms with E-state index in [1.54, 1.807) is 29.2 Å². The van der Waals surface area contributed by atoms with Gasteiger partial charge < -0.3 is 15.0 Å². The Kier molecular flexibility index (Phi) is 4.58. The molecular formula is C18H18N4O3S2. The Morgan fingerprint density at radius 1 is 1.15 bits per heavy atom. The highest BCUT2D eigenvalue weighted by Gasteiger charge is 2.30. The van der Waals surface area contributed by atoms with Crippen molar-refractivity contribution in [2.45, 2.75) is 22.1 Å². The summed E-state index contributed by atoms with van der Waals surface area (Å²) >= 11 is 1.16. The predicted octanol–water partition coefficient (Wildman–Crippen LogP) is 3.10. The molecule has 0 aliphatic rings. The number of nitrogen functional groups attached to an aromatic ring is 1. The van der Waals surface area contributed by atoms with E-state index in [0.717, 1.165) is 11.3 Å². The minimum Gasteiger partial charge on any atom is -0.385 e. The van der Waals surface area contributed by atoms with Gasteiger partial charge in [-0.25, -0.2) is 18.4 Å². The number of rotatable bonds is 6. The number of hydrogen-bond acceptors (Lipinski definition) is 7. The number of nitrogens with zero attached hydrogens (tertiary/aromatic N) is 3. The standard InChI is InChI=1S/C18H18N4O3S2/c1-25-10-5-9-22-17(19)16(27(23,24)14-8-4-11-26-14)15-18(22)21-13-7-3-2-6-12(13)20-15/h2-4,6-8,11H,5,9-10,19H2,1H3. The van der Waals surface area contributed by atoms with Crippen LogP contribution in [-0.2, 0) is 21.1 Å². The number of aryl methyl sites for hydroxylation is 1. The van der Waals surface area contributed by atoms with Crippen molar-refractivity contribution in [3.05, 3.63) is 41.8 Å². The lowest BCUT2D eigenvalue weighted by molar-refractivity contribution is 0.191. The van der Waals surface area contributed by atoms with Crippen LogP contribution in [0.2, 0.25) is 0 Å². The van der Waals surface area contributed by atoms with Gasteiger partial charge in [-0.2, -0.15) is 0 Å². The lowest BCUT2D eigenvalue weighted by atomic mass is 10.3. The molecule has 0 saturated heterocycles. The highest BCUT2D eigenvalue weighted by atomic mass is 32.2. The Labute approximate surface area is 160 Å². The first-order valence-electron chi connectivity index (χ1n) is 8.36. The Hall–Kier alpha value is -2.49. The zero-order valence-corrected chi connectivity index (χ0v) is 16.3. The van der Waals surface area contributed by atoms with Crippen LogP contribution in [0, 0.1) is 0 Å². The molecule has 0 spiro atoms. The maximum Gasteiger partial charge on any atom is 0.221 e. The highest BCUT2D eigenvalue weighted by Crippen LogP contribution is 2.36. The van der Waals surface area contributed by atoms with Gasteiger partial charge in [0.1, 0.15) is 20.4 Å². The minimum atomic E-state index is -3.79. The van der Waals surface area contributed by atoms with E-state index >= 15 is 0 Å². The maximum absolute atomic E-state index is 13.2. The number of aromatic nitrogens is 3. The molecule has 0 unspecified atom stereocenters. The third-order valence-corrected chi connectivity index (χ3v) is 7.52. The van der Waals surface area contributed by atoms with Crippen LogP contribution in [0.5, 0.6) is 0 Å². The molecule has 2 N–H and O–H groups in total. The molecule has 0 aliphatic heterocycles. The number of thiophene rings is 1. The number of ether oxygens (including phenoxy) is 1. The lowest BCUT2D eigenvalue weighted by Gasteiger charge is -2.07. The average molecular weight is 403 g/mol. The molecule has 27 heavy (non-hydrogen) atoms. The van der Waals surface area contributed by atoms with Gasteiger partial charge in [-0.1, -0.05) is 18.2 Å². The van der Waals surface area contributed by atoms with Crippen LogP contribution in [0.3, 0.4) is 0 Å². The number of methoxy groups -OCH3 is 1. The van der Waals surface area contributed by atoms with Crippen molar-refractivity contribution in [1.29, 1.82) is 0 Å². The first-order chi connectivity index (χ1) is 13.0. The fourth-order valence-corrected chi connectivity index (χ4v) is 5.67. The van der Waals surface area contributed by atoms with Crippen LogP contribution in [-0.4, -0.2) is 36.7 Å². The molecule has 0 radical (unpaired) electrons. The quantitative estimate of drug-likeness (QED) is 0.498. The average Bonchev–Trinajstić information content (AvgIpc) is 3.28. The van der Waals surface area contributed by atoms with E-state index in [9.17, 15) is 8.42 Å². The Morgan fingerprint density at radius 2 is 1.89 bits per heavy atom. The molecular weight excluding hydrogens is 384 g/mol. The highest BCUT2D eigenvalue weighted by molar-refractivity contribution is 7.93. The van der Waals surface area contributed by atoms with Crippen LogP contribution in [0.1, 0.15) is 6.42 Å². The smallest absolute Gasteiger partial charge is 0.221 e. The SMILES string of the molecule is COCCCn1c(N)c(S(=O)(=O)c2cccs2)c2nc3ccccc3nc21. The minimum absolute atomic E-state index is 0.0237. The summed E-state index contributed by atoms with van der Waals surface area (Å²) in [6, 6.07) is 10.6. The van der Waals surface area contributed by atoms with Gasteiger partial charge in [0.2, 0.25) is 9.84 Å². The van der Waals surface area contributed by atoms with Gasteiger partial charge in [-0.15, -0.1) is 11.3 Å². The van der Waals surface area contributed by atoms with Crippen molar-refractivity contribution >= 4 is 49.2 Å². The number of benzene rings is 1. The number of fused-ring (bicyclic) bond motifs is 2. The van der Waals surface area contributed by atoms with E-state index in [1.165, 1.54) is 0 Å². The normalized spacial score (nSPS) is 12.2. The molecule has 0 bridgehead atoms. The third-order valence-electron chi connectivity index (χ3n) is 4.31. The number of hydrogen-bond donors (Lipinski definition) is 1. The second kappa shape index (κ2) is 6.91. The molecule has 0 atom stereocenters. The Balaban J connectivity index is 2.02. The fourth-order valence-electron chi connectivity index (χ4n) is 3.06. The molecule has 0 saturated carbocycles. The van der Waals surface area contributed by atoms with Gasteiger partial charge in [0.15, 0.2) is 5.65 Å². The fraction of sp³-hybridized carbons (Fsp3) is 0.222.